The Morgan fingerprint density at radius 3 is 2.20 bits per heavy atom. The van der Waals surface area contributed by atoms with Crippen LogP contribution in [0.1, 0.15) is 51.4 Å². The number of carbonyl (C=O) groups excluding carboxylic acids is 3. The highest BCUT2D eigenvalue weighted by Crippen LogP contribution is 2.20. The number of ether oxygens (including phenoxy) is 1. The fourth-order valence-electron chi connectivity index (χ4n) is 1.99. The van der Waals surface area contributed by atoms with Crippen LogP contribution in [0.4, 0.5) is 5.69 Å². The van der Waals surface area contributed by atoms with Gasteiger partial charge >= 0.3 is 5.97 Å². The number of nitrogens with one attached hydrogen (secondary N) is 2. The predicted molar refractivity (Wildman–Crippen MR) is 97.3 cm³/mol. The minimum atomic E-state index is -1.20. The third kappa shape index (κ3) is 6.21. The van der Waals surface area contributed by atoms with Crippen molar-refractivity contribution in [2.45, 2.75) is 41.0 Å². The van der Waals surface area contributed by atoms with Crippen LogP contribution in [0.25, 0.3) is 0 Å². The van der Waals surface area contributed by atoms with Gasteiger partial charge in [-0.05, 0) is 57.4 Å². The lowest BCUT2D eigenvalue weighted by atomic mass is 9.90. The Labute approximate surface area is 149 Å². The van der Waals surface area contributed by atoms with Gasteiger partial charge in [0.05, 0.1) is 12.2 Å². The van der Waals surface area contributed by atoms with E-state index in [0.29, 0.717) is 30.3 Å². The first-order valence-electron chi connectivity index (χ1n) is 8.55. The molecule has 0 aromatic heterocycles. The summed E-state index contributed by atoms with van der Waals surface area (Å²) in [5.41, 5.74) is -0.275. The number of hydrogen-bond donors (Lipinski definition) is 2. The second kappa shape index (κ2) is 9.20. The van der Waals surface area contributed by atoms with Crippen LogP contribution in [0.15, 0.2) is 24.3 Å². The van der Waals surface area contributed by atoms with Gasteiger partial charge in [0, 0.05) is 12.2 Å². The molecular weight excluding hydrogens is 320 g/mol. The summed E-state index contributed by atoms with van der Waals surface area (Å²) in [4.78, 5) is 36.3. The lowest BCUT2D eigenvalue weighted by Gasteiger charge is -2.23. The minimum absolute atomic E-state index is 0.303. The zero-order valence-electron chi connectivity index (χ0n) is 15.6. The Kier molecular flexibility index (Phi) is 7.61. The van der Waals surface area contributed by atoms with Crippen molar-refractivity contribution in [3.05, 3.63) is 29.8 Å². The first kappa shape index (κ1) is 20.7. The molecule has 0 bridgehead atoms. The van der Waals surface area contributed by atoms with E-state index in [4.69, 9.17) is 4.74 Å². The van der Waals surface area contributed by atoms with Gasteiger partial charge in [0.25, 0.3) is 0 Å². The Bertz CT molecular complexity index is 606. The highest BCUT2D eigenvalue weighted by Gasteiger charge is 2.35. The number of amides is 2. The van der Waals surface area contributed by atoms with Crippen LogP contribution in [0, 0.1) is 11.3 Å². The maximum absolute atomic E-state index is 12.4. The third-order valence-corrected chi connectivity index (χ3v) is 3.80. The van der Waals surface area contributed by atoms with Crippen LogP contribution < -0.4 is 10.6 Å². The molecule has 0 spiro atoms. The average molecular weight is 348 g/mol. The molecule has 1 aromatic rings. The van der Waals surface area contributed by atoms with Gasteiger partial charge in [0.15, 0.2) is 0 Å². The molecule has 1 rings (SSSR count). The summed E-state index contributed by atoms with van der Waals surface area (Å²) < 4.78 is 4.91. The van der Waals surface area contributed by atoms with E-state index in [0.717, 1.165) is 6.42 Å². The van der Waals surface area contributed by atoms with Crippen molar-refractivity contribution in [3.63, 3.8) is 0 Å². The predicted octanol–water partition coefficient (Wildman–Crippen LogP) is 2.99. The van der Waals surface area contributed by atoms with E-state index >= 15 is 0 Å². The number of benzene rings is 1. The van der Waals surface area contributed by atoms with Crippen LogP contribution in [0.2, 0.25) is 0 Å². The molecule has 0 atom stereocenters. The van der Waals surface area contributed by atoms with Crippen LogP contribution in [0.5, 0.6) is 0 Å². The van der Waals surface area contributed by atoms with Crippen LogP contribution in [-0.2, 0) is 14.3 Å². The van der Waals surface area contributed by atoms with Crippen LogP contribution in [0.3, 0.4) is 0 Å². The summed E-state index contributed by atoms with van der Waals surface area (Å²) in [6, 6.07) is 6.36. The Balaban J connectivity index is 2.67. The van der Waals surface area contributed by atoms with Crippen molar-refractivity contribution in [1.29, 1.82) is 0 Å². The lowest BCUT2D eigenvalue weighted by Crippen LogP contribution is -2.45. The molecule has 0 aliphatic heterocycles. The van der Waals surface area contributed by atoms with Gasteiger partial charge in [-0.15, -0.1) is 0 Å². The molecule has 25 heavy (non-hydrogen) atoms. The summed E-state index contributed by atoms with van der Waals surface area (Å²) in [6.07, 6.45) is 0.860. The number of hydrogen-bond acceptors (Lipinski definition) is 4. The number of rotatable bonds is 8. The molecule has 1 aromatic carbocycles. The maximum Gasteiger partial charge on any atom is 0.338 e. The van der Waals surface area contributed by atoms with Gasteiger partial charge in [0.2, 0.25) is 11.8 Å². The molecule has 0 aliphatic rings. The van der Waals surface area contributed by atoms with Crippen molar-refractivity contribution < 1.29 is 19.1 Å². The van der Waals surface area contributed by atoms with Crippen molar-refractivity contribution in [2.24, 2.45) is 11.3 Å². The molecule has 2 amide bonds. The molecule has 6 nitrogen and oxygen atoms in total. The van der Waals surface area contributed by atoms with E-state index in [1.807, 2.05) is 0 Å². The van der Waals surface area contributed by atoms with Gasteiger partial charge in [-0.1, -0.05) is 13.8 Å². The highest BCUT2D eigenvalue weighted by molar-refractivity contribution is 6.09. The lowest BCUT2D eigenvalue weighted by molar-refractivity contribution is -0.138. The molecule has 6 heteroatoms. The quantitative estimate of drug-likeness (QED) is 0.559. The maximum atomic E-state index is 12.4. The first-order chi connectivity index (χ1) is 11.7. The fourth-order valence-corrected chi connectivity index (χ4v) is 1.99. The highest BCUT2D eigenvalue weighted by atomic mass is 16.5. The normalized spacial score (nSPS) is 11.1. The molecule has 0 heterocycles. The zero-order chi connectivity index (χ0) is 19.0. The molecule has 0 radical (unpaired) electrons. The summed E-state index contributed by atoms with van der Waals surface area (Å²) in [5.74, 6) is -0.646. The Hall–Kier alpha value is -2.37. The molecule has 138 valence electrons. The average Bonchev–Trinajstić information content (AvgIpc) is 2.55. The van der Waals surface area contributed by atoms with Gasteiger partial charge < -0.3 is 15.4 Å². The molecule has 0 fully saturated rings. The summed E-state index contributed by atoms with van der Waals surface area (Å²) in [5, 5.41) is 5.51. The van der Waals surface area contributed by atoms with Gasteiger partial charge in [-0.25, -0.2) is 4.79 Å². The van der Waals surface area contributed by atoms with Crippen molar-refractivity contribution in [1.82, 2.24) is 5.32 Å². The fraction of sp³-hybridized carbons (Fsp3) is 0.526. The first-order valence-corrected chi connectivity index (χ1v) is 8.55. The largest absolute Gasteiger partial charge is 0.462 e. The van der Waals surface area contributed by atoms with E-state index < -0.39 is 17.3 Å². The SMILES string of the molecule is CCOC(=O)c1ccc(NC(=O)C(C)(C)C(=O)NCCC(C)C)cc1. The molecule has 2 N–H and O–H groups in total. The standard InChI is InChI=1S/C19H28N2O4/c1-6-25-16(22)14-7-9-15(10-8-14)21-18(24)19(4,5)17(23)20-12-11-13(2)3/h7-10,13H,6,11-12H2,1-5H3,(H,20,23)(H,21,24). The van der Waals surface area contributed by atoms with Gasteiger partial charge in [-0.2, -0.15) is 0 Å². The molecular formula is C19H28N2O4. The zero-order valence-corrected chi connectivity index (χ0v) is 15.6. The number of esters is 1. The summed E-state index contributed by atoms with van der Waals surface area (Å²) in [7, 11) is 0. The van der Waals surface area contributed by atoms with Crippen molar-refractivity contribution in [2.75, 3.05) is 18.5 Å². The third-order valence-electron chi connectivity index (χ3n) is 3.80. The van der Waals surface area contributed by atoms with Crippen molar-refractivity contribution in [3.8, 4) is 0 Å². The van der Waals surface area contributed by atoms with Crippen molar-refractivity contribution >= 4 is 23.5 Å². The van der Waals surface area contributed by atoms with E-state index in [2.05, 4.69) is 24.5 Å². The van der Waals surface area contributed by atoms with E-state index in [1.165, 1.54) is 0 Å². The Morgan fingerprint density at radius 2 is 1.68 bits per heavy atom. The topological polar surface area (TPSA) is 84.5 Å². The summed E-state index contributed by atoms with van der Waals surface area (Å²) >= 11 is 0. The molecule has 0 saturated heterocycles. The smallest absolute Gasteiger partial charge is 0.338 e. The van der Waals surface area contributed by atoms with E-state index in [9.17, 15) is 14.4 Å². The molecule has 0 unspecified atom stereocenters. The second-order valence-corrected chi connectivity index (χ2v) is 6.82. The van der Waals surface area contributed by atoms with Crippen LogP contribution in [-0.4, -0.2) is 30.9 Å². The van der Waals surface area contributed by atoms with Gasteiger partial charge in [0.1, 0.15) is 5.41 Å². The monoisotopic (exact) mass is 348 g/mol. The minimum Gasteiger partial charge on any atom is -0.462 e. The Morgan fingerprint density at radius 1 is 1.08 bits per heavy atom. The van der Waals surface area contributed by atoms with E-state index in [-0.39, 0.29) is 5.91 Å². The van der Waals surface area contributed by atoms with Gasteiger partial charge in [-0.3, -0.25) is 9.59 Å². The number of carbonyl (C=O) groups is 3. The molecule has 0 aliphatic carbocycles. The summed E-state index contributed by atoms with van der Waals surface area (Å²) in [6.45, 7) is 9.90. The number of anilines is 1. The van der Waals surface area contributed by atoms with Crippen LogP contribution >= 0.6 is 0 Å². The molecule has 0 saturated carbocycles. The van der Waals surface area contributed by atoms with E-state index in [1.54, 1.807) is 45.0 Å². The second-order valence-electron chi connectivity index (χ2n) is 6.82.